The summed E-state index contributed by atoms with van der Waals surface area (Å²) in [6, 6.07) is 10.4. The molecule has 1 aliphatic heterocycles. The molecule has 2 amide bonds. The minimum atomic E-state index is -0.369. The fourth-order valence-electron chi connectivity index (χ4n) is 2.17. The second-order valence-electron chi connectivity index (χ2n) is 4.37. The molecule has 0 N–H and O–H groups in total. The fourth-order valence-corrected chi connectivity index (χ4v) is 2.17. The number of hydrogen-bond donors (Lipinski definition) is 0. The Kier molecular flexibility index (Phi) is 2.77. The molecule has 1 aromatic carbocycles. The molecule has 1 aliphatic rings. The van der Waals surface area contributed by atoms with Gasteiger partial charge in [-0.3, -0.25) is 14.6 Å². The number of fused-ring (bicyclic) bond motifs is 1. The lowest BCUT2D eigenvalue weighted by molar-refractivity contribution is 0.0926. The summed E-state index contributed by atoms with van der Waals surface area (Å²) in [6.07, 6.45) is 3.19. The van der Waals surface area contributed by atoms with Gasteiger partial charge in [-0.15, -0.1) is 0 Å². The molecule has 5 nitrogen and oxygen atoms in total. The lowest BCUT2D eigenvalue weighted by Gasteiger charge is -2.13. The van der Waals surface area contributed by atoms with Crippen LogP contribution in [-0.4, -0.2) is 16.8 Å². The van der Waals surface area contributed by atoms with Crippen LogP contribution in [0.5, 0.6) is 0 Å². The summed E-state index contributed by atoms with van der Waals surface area (Å²) in [6.45, 7) is 0. The Morgan fingerprint density at radius 3 is 2.40 bits per heavy atom. The first-order chi connectivity index (χ1) is 9.72. The first-order valence-corrected chi connectivity index (χ1v) is 6.01. The second-order valence-corrected chi connectivity index (χ2v) is 4.37. The molecule has 0 saturated heterocycles. The molecule has 2 heterocycles. The molecule has 0 atom stereocenters. The Hall–Kier alpha value is -3.00. The van der Waals surface area contributed by atoms with Gasteiger partial charge in [0, 0.05) is 12.4 Å². The highest BCUT2D eigenvalue weighted by atomic mass is 16.2. The lowest BCUT2D eigenvalue weighted by Crippen LogP contribution is -2.29. The van der Waals surface area contributed by atoms with E-state index in [-0.39, 0.29) is 11.8 Å². The number of carbonyl (C=O) groups excluding carboxylic acids is 2. The predicted octanol–water partition coefficient (Wildman–Crippen LogP) is 1.95. The molecule has 0 unspecified atom stereocenters. The van der Waals surface area contributed by atoms with Crippen molar-refractivity contribution in [3.05, 3.63) is 59.4 Å². The maximum absolute atomic E-state index is 12.2. The maximum Gasteiger partial charge on any atom is 0.267 e. The molecule has 3 rings (SSSR count). The Morgan fingerprint density at radius 2 is 1.75 bits per heavy atom. The van der Waals surface area contributed by atoms with Crippen molar-refractivity contribution in [3.8, 4) is 6.07 Å². The van der Waals surface area contributed by atoms with Crippen molar-refractivity contribution in [2.75, 3.05) is 4.90 Å². The monoisotopic (exact) mass is 263 g/mol. The van der Waals surface area contributed by atoms with Crippen LogP contribution in [0.3, 0.4) is 0 Å². The van der Waals surface area contributed by atoms with E-state index in [0.29, 0.717) is 23.2 Å². The predicted molar refractivity (Wildman–Crippen MR) is 71.1 cm³/mol. The molecule has 1 aromatic heterocycles. The summed E-state index contributed by atoms with van der Waals surface area (Å²) in [4.78, 5) is 29.5. The van der Waals surface area contributed by atoms with Crippen LogP contribution in [0.25, 0.3) is 0 Å². The van der Waals surface area contributed by atoms with E-state index >= 15 is 0 Å². The van der Waals surface area contributed by atoms with Gasteiger partial charge in [0.2, 0.25) is 0 Å². The van der Waals surface area contributed by atoms with E-state index in [1.807, 2.05) is 6.07 Å². The number of rotatable bonds is 2. The largest absolute Gasteiger partial charge is 0.268 e. The van der Waals surface area contributed by atoms with Gasteiger partial charge in [0.15, 0.2) is 0 Å². The van der Waals surface area contributed by atoms with Crippen LogP contribution >= 0.6 is 0 Å². The van der Waals surface area contributed by atoms with Crippen molar-refractivity contribution in [2.24, 2.45) is 0 Å². The molecule has 0 bridgehead atoms. The van der Waals surface area contributed by atoms with Crippen LogP contribution in [-0.2, 0) is 6.42 Å². The minimum Gasteiger partial charge on any atom is -0.268 e. The van der Waals surface area contributed by atoms with Crippen molar-refractivity contribution in [2.45, 2.75) is 6.42 Å². The average molecular weight is 263 g/mol. The van der Waals surface area contributed by atoms with Crippen molar-refractivity contribution in [1.29, 1.82) is 5.26 Å². The van der Waals surface area contributed by atoms with Gasteiger partial charge >= 0.3 is 0 Å². The fraction of sp³-hybridized carbons (Fsp3) is 0.0667. The molecule has 5 heteroatoms. The van der Waals surface area contributed by atoms with E-state index in [9.17, 15) is 9.59 Å². The zero-order chi connectivity index (χ0) is 14.1. The van der Waals surface area contributed by atoms with E-state index in [4.69, 9.17) is 5.26 Å². The quantitative estimate of drug-likeness (QED) is 0.776. The Morgan fingerprint density at radius 1 is 1.05 bits per heavy atom. The van der Waals surface area contributed by atoms with Crippen LogP contribution in [0, 0.1) is 11.3 Å². The highest BCUT2D eigenvalue weighted by molar-refractivity contribution is 6.34. The van der Waals surface area contributed by atoms with Gasteiger partial charge in [-0.05, 0) is 23.8 Å². The summed E-state index contributed by atoms with van der Waals surface area (Å²) < 4.78 is 0. The van der Waals surface area contributed by atoms with Gasteiger partial charge in [0.05, 0.1) is 29.3 Å². The number of nitriles is 1. The van der Waals surface area contributed by atoms with Crippen molar-refractivity contribution in [1.82, 2.24) is 4.98 Å². The lowest BCUT2D eigenvalue weighted by atomic mass is 10.1. The van der Waals surface area contributed by atoms with Gasteiger partial charge in [0.25, 0.3) is 11.8 Å². The number of amides is 2. The normalized spacial score (nSPS) is 13.2. The summed E-state index contributed by atoms with van der Waals surface area (Å²) >= 11 is 0. The van der Waals surface area contributed by atoms with Crippen molar-refractivity contribution >= 4 is 17.5 Å². The van der Waals surface area contributed by atoms with E-state index < -0.39 is 0 Å². The van der Waals surface area contributed by atoms with E-state index in [2.05, 4.69) is 4.98 Å². The van der Waals surface area contributed by atoms with Gasteiger partial charge in [-0.1, -0.05) is 12.1 Å². The third kappa shape index (κ3) is 1.75. The van der Waals surface area contributed by atoms with E-state index in [1.165, 1.54) is 12.4 Å². The average Bonchev–Trinajstić information content (AvgIpc) is 2.73. The Labute approximate surface area is 115 Å². The van der Waals surface area contributed by atoms with Crippen molar-refractivity contribution < 1.29 is 9.59 Å². The molecule has 0 fully saturated rings. The van der Waals surface area contributed by atoms with Crippen LogP contribution in [0.15, 0.2) is 42.7 Å². The first-order valence-electron chi connectivity index (χ1n) is 6.01. The summed E-state index contributed by atoms with van der Waals surface area (Å²) in [5, 5.41) is 8.63. The highest BCUT2D eigenvalue weighted by Crippen LogP contribution is 2.27. The zero-order valence-electron chi connectivity index (χ0n) is 10.4. The maximum atomic E-state index is 12.2. The molecule has 0 saturated carbocycles. The second kappa shape index (κ2) is 4.59. The van der Waals surface area contributed by atoms with Gasteiger partial charge in [-0.2, -0.15) is 5.26 Å². The molecule has 96 valence electrons. The summed E-state index contributed by atoms with van der Waals surface area (Å²) in [7, 11) is 0. The molecule has 2 aromatic rings. The van der Waals surface area contributed by atoms with Gasteiger partial charge < -0.3 is 0 Å². The third-order valence-corrected chi connectivity index (χ3v) is 3.17. The van der Waals surface area contributed by atoms with Crippen LogP contribution in [0.2, 0.25) is 0 Å². The number of aromatic nitrogens is 1. The number of pyridine rings is 1. The van der Waals surface area contributed by atoms with Gasteiger partial charge in [0.1, 0.15) is 0 Å². The smallest absolute Gasteiger partial charge is 0.267 e. The number of benzene rings is 1. The van der Waals surface area contributed by atoms with Crippen molar-refractivity contribution in [3.63, 3.8) is 0 Å². The van der Waals surface area contributed by atoms with E-state index in [0.717, 1.165) is 10.5 Å². The van der Waals surface area contributed by atoms with Gasteiger partial charge in [-0.25, -0.2) is 4.90 Å². The molecular weight excluding hydrogens is 254 g/mol. The summed E-state index contributed by atoms with van der Waals surface area (Å²) in [5.41, 5.74) is 2.03. The van der Waals surface area contributed by atoms with Crippen LogP contribution in [0.4, 0.5) is 5.69 Å². The standard InChI is InChI=1S/C15H9N3O2/c16-7-5-10-1-3-11(4-2-10)18-14(19)12-6-8-17-9-13(12)15(18)20/h1-4,6,8-9H,5H2. The van der Waals surface area contributed by atoms with E-state index in [1.54, 1.807) is 30.3 Å². The molecule has 0 radical (unpaired) electrons. The highest BCUT2D eigenvalue weighted by Gasteiger charge is 2.36. The molecular formula is C15H9N3O2. The molecule has 0 aliphatic carbocycles. The van der Waals surface area contributed by atoms with Crippen LogP contribution in [0.1, 0.15) is 26.3 Å². The SMILES string of the molecule is N#CCc1ccc(N2C(=O)c3ccncc3C2=O)cc1. The number of nitrogens with zero attached hydrogens (tertiary/aromatic N) is 3. The Bertz CT molecular complexity index is 709. The number of hydrogen-bond acceptors (Lipinski definition) is 4. The Balaban J connectivity index is 1.99. The molecule has 0 spiro atoms. The van der Waals surface area contributed by atoms with Crippen LogP contribution < -0.4 is 4.90 Å². The number of carbonyl (C=O) groups is 2. The number of imide groups is 1. The topological polar surface area (TPSA) is 74.1 Å². The molecule has 20 heavy (non-hydrogen) atoms. The zero-order valence-corrected chi connectivity index (χ0v) is 10.4. The third-order valence-electron chi connectivity index (χ3n) is 3.17. The number of anilines is 1. The first kappa shape index (κ1) is 12.1. The minimum absolute atomic E-state index is 0.298. The summed E-state index contributed by atoms with van der Waals surface area (Å²) in [5.74, 6) is -0.716.